The lowest BCUT2D eigenvalue weighted by Gasteiger charge is -2.38. The van der Waals surface area contributed by atoms with Crippen LogP contribution in [0.5, 0.6) is 0 Å². The number of aromatic nitrogens is 3. The third kappa shape index (κ3) is 16.6. The van der Waals surface area contributed by atoms with Crippen LogP contribution in [0, 0.1) is 5.41 Å². The molecule has 4 saturated carbocycles. The van der Waals surface area contributed by atoms with Crippen molar-refractivity contribution in [3.05, 3.63) is 0 Å². The van der Waals surface area contributed by atoms with E-state index in [0.717, 1.165) is 49.4 Å². The topological polar surface area (TPSA) is 81.2 Å². The fraction of sp³-hybridized carbons (Fsp3) is 0.936. The van der Waals surface area contributed by atoms with Crippen LogP contribution in [0.1, 0.15) is 221 Å². The van der Waals surface area contributed by atoms with Gasteiger partial charge in [0.1, 0.15) is 0 Å². The number of nitrogens with zero attached hydrogens (tertiary/aromatic N) is 5. The van der Waals surface area contributed by atoms with Crippen molar-refractivity contribution in [1.82, 2.24) is 25.6 Å². The van der Waals surface area contributed by atoms with Gasteiger partial charge in [-0.2, -0.15) is 15.0 Å². The van der Waals surface area contributed by atoms with Crippen molar-refractivity contribution in [3.8, 4) is 0 Å². The highest BCUT2D eigenvalue weighted by atomic mass is 15.4. The monoisotopic (exact) mass is 765 g/mol. The van der Waals surface area contributed by atoms with Gasteiger partial charge in [-0.05, 0) is 116 Å². The number of nitrogens with one attached hydrogen (secondary N) is 3. The van der Waals surface area contributed by atoms with Crippen molar-refractivity contribution < 1.29 is 0 Å². The number of unbranched alkanes of at least 4 members (excludes halogenated alkanes) is 6. The molecule has 0 aliphatic heterocycles. The largest absolute Gasteiger partial charge is 0.349 e. The predicted molar refractivity (Wildman–Crippen MR) is 237 cm³/mol. The van der Waals surface area contributed by atoms with Gasteiger partial charge in [0, 0.05) is 42.8 Å². The van der Waals surface area contributed by atoms with E-state index in [0.29, 0.717) is 12.1 Å². The average Bonchev–Trinajstić information content (AvgIpc) is 3.17. The molecular weight excluding hydrogens is 677 g/mol. The number of hydrogen-bond donors (Lipinski definition) is 3. The van der Waals surface area contributed by atoms with Gasteiger partial charge >= 0.3 is 0 Å². The van der Waals surface area contributed by atoms with Crippen LogP contribution in [0.4, 0.5) is 17.8 Å². The molecule has 0 atom stereocenters. The molecule has 0 aromatic carbocycles. The van der Waals surface area contributed by atoms with Gasteiger partial charge in [-0.15, -0.1) is 0 Å². The summed E-state index contributed by atoms with van der Waals surface area (Å²) < 4.78 is 0. The second kappa shape index (κ2) is 23.7. The summed E-state index contributed by atoms with van der Waals surface area (Å²) in [6.07, 6.45) is 38.3. The van der Waals surface area contributed by atoms with E-state index in [2.05, 4.69) is 60.4 Å². The quantitative estimate of drug-likeness (QED) is 0.0951. The van der Waals surface area contributed by atoms with E-state index in [1.165, 1.54) is 193 Å². The van der Waals surface area contributed by atoms with Crippen LogP contribution in [0.15, 0.2) is 0 Å². The Hall–Kier alpha value is -1.67. The maximum absolute atomic E-state index is 5.52. The smallest absolute Gasteiger partial charge is 0.232 e. The van der Waals surface area contributed by atoms with E-state index in [4.69, 9.17) is 15.0 Å². The maximum atomic E-state index is 5.52. The van der Waals surface area contributed by atoms with Crippen LogP contribution in [0.2, 0.25) is 0 Å². The Morgan fingerprint density at radius 1 is 0.473 bits per heavy atom. The number of hydrogen-bond acceptors (Lipinski definition) is 8. The van der Waals surface area contributed by atoms with Crippen LogP contribution in [-0.2, 0) is 0 Å². The summed E-state index contributed by atoms with van der Waals surface area (Å²) in [6.45, 7) is 16.1. The lowest BCUT2D eigenvalue weighted by Crippen LogP contribution is -2.42. The van der Waals surface area contributed by atoms with E-state index in [1.807, 2.05) is 0 Å². The van der Waals surface area contributed by atoms with E-state index < -0.39 is 0 Å². The highest BCUT2D eigenvalue weighted by Gasteiger charge is 2.31. The Balaban J connectivity index is 1.28. The minimum atomic E-state index is -0.128. The van der Waals surface area contributed by atoms with Crippen LogP contribution < -0.4 is 25.8 Å². The van der Waals surface area contributed by atoms with Crippen molar-refractivity contribution in [3.63, 3.8) is 0 Å². The number of anilines is 3. The molecule has 0 spiro atoms. The predicted octanol–water partition coefficient (Wildman–Crippen LogP) is 11.7. The lowest BCUT2D eigenvalue weighted by molar-refractivity contribution is 0.301. The molecule has 0 unspecified atom stereocenters. The number of rotatable bonds is 23. The highest BCUT2D eigenvalue weighted by molar-refractivity contribution is 5.47. The molecule has 4 aliphatic carbocycles. The minimum Gasteiger partial charge on any atom is -0.349 e. The van der Waals surface area contributed by atoms with Crippen LogP contribution in [0.25, 0.3) is 0 Å². The molecule has 1 heterocycles. The van der Waals surface area contributed by atoms with Gasteiger partial charge in [0.25, 0.3) is 0 Å². The summed E-state index contributed by atoms with van der Waals surface area (Å²) in [7, 11) is 0. The van der Waals surface area contributed by atoms with E-state index in [9.17, 15) is 0 Å². The summed E-state index contributed by atoms with van der Waals surface area (Å²) in [5.74, 6) is 2.64. The summed E-state index contributed by atoms with van der Waals surface area (Å²) in [5.41, 5.74) is 0.0755. The lowest BCUT2D eigenvalue weighted by atomic mass is 9.82. The van der Waals surface area contributed by atoms with Crippen molar-refractivity contribution in [1.29, 1.82) is 0 Å². The zero-order valence-corrected chi connectivity index (χ0v) is 36.9. The van der Waals surface area contributed by atoms with Crippen molar-refractivity contribution in [2.75, 3.05) is 41.3 Å². The zero-order valence-electron chi connectivity index (χ0n) is 36.9. The SMILES string of the molecule is CC(C)(C)CC(C)(C)Nc1nc(N(CCCCCCNC2CCCCC2)C2CCCCC2)nc(N(CCCCCCNC2CCCCC2)C2CCCCC2)n1. The molecule has 0 radical (unpaired) electrons. The first kappa shape index (κ1) is 44.4. The molecule has 8 nitrogen and oxygen atoms in total. The molecular formula is C47H88N8. The van der Waals surface area contributed by atoms with Gasteiger partial charge in [0.05, 0.1) is 0 Å². The summed E-state index contributed by atoms with van der Waals surface area (Å²) in [5, 5.41) is 11.6. The van der Waals surface area contributed by atoms with E-state index in [-0.39, 0.29) is 11.0 Å². The Morgan fingerprint density at radius 2 is 0.855 bits per heavy atom. The second-order valence-corrected chi connectivity index (χ2v) is 20.4. The van der Waals surface area contributed by atoms with Crippen LogP contribution in [0.3, 0.4) is 0 Å². The molecule has 1 aromatic rings. The molecule has 0 saturated heterocycles. The third-order valence-corrected chi connectivity index (χ3v) is 13.3. The van der Waals surface area contributed by atoms with Crippen LogP contribution >= 0.6 is 0 Å². The van der Waals surface area contributed by atoms with Gasteiger partial charge in [0.15, 0.2) is 0 Å². The van der Waals surface area contributed by atoms with Gasteiger partial charge in [-0.1, -0.05) is 124 Å². The first-order chi connectivity index (χ1) is 26.7. The Kier molecular flexibility index (Phi) is 19.1. The molecule has 1 aromatic heterocycles. The third-order valence-electron chi connectivity index (χ3n) is 13.3. The minimum absolute atomic E-state index is 0.128. The standard InChI is InChI=1S/C47H88N8/c1-46(2,3)38-47(4,5)53-43-50-44(54(41-30-18-12-19-31-41)36-24-8-6-22-34-48-39-26-14-10-15-27-39)52-45(51-43)55(42-32-20-13-21-33-42)37-25-9-7-23-35-49-40-28-16-11-17-29-40/h39-42,48-49H,6-38H2,1-5H3,(H,50,51,52,53). The Bertz CT molecular complexity index is 1090. The van der Waals surface area contributed by atoms with Crippen molar-refractivity contribution in [2.24, 2.45) is 5.41 Å². The van der Waals surface area contributed by atoms with Crippen molar-refractivity contribution in [2.45, 2.75) is 251 Å². The molecule has 3 N–H and O–H groups in total. The highest BCUT2D eigenvalue weighted by Crippen LogP contribution is 2.33. The van der Waals surface area contributed by atoms with E-state index >= 15 is 0 Å². The first-order valence-corrected chi connectivity index (χ1v) is 24.2. The van der Waals surface area contributed by atoms with E-state index in [1.54, 1.807) is 0 Å². The molecule has 0 bridgehead atoms. The zero-order chi connectivity index (χ0) is 38.8. The van der Waals surface area contributed by atoms with Gasteiger partial charge in [0.2, 0.25) is 17.8 Å². The maximum Gasteiger partial charge on any atom is 0.232 e. The Morgan fingerprint density at radius 3 is 1.25 bits per heavy atom. The molecule has 0 amide bonds. The molecule has 55 heavy (non-hydrogen) atoms. The van der Waals surface area contributed by atoms with Gasteiger partial charge in [-0.3, -0.25) is 0 Å². The molecule has 5 rings (SSSR count). The molecule has 4 aliphatic rings. The summed E-state index contributed by atoms with van der Waals surface area (Å²) in [6, 6.07) is 2.59. The molecule has 4 fully saturated rings. The average molecular weight is 765 g/mol. The first-order valence-electron chi connectivity index (χ1n) is 24.2. The molecule has 316 valence electrons. The van der Waals surface area contributed by atoms with Gasteiger partial charge in [-0.25, -0.2) is 0 Å². The fourth-order valence-corrected chi connectivity index (χ4v) is 10.8. The van der Waals surface area contributed by atoms with Crippen molar-refractivity contribution >= 4 is 17.8 Å². The second-order valence-electron chi connectivity index (χ2n) is 20.4. The normalized spacial score (nSPS) is 20.2. The summed E-state index contributed by atoms with van der Waals surface area (Å²) in [4.78, 5) is 21.5. The Labute approximate surface area is 339 Å². The van der Waals surface area contributed by atoms with Gasteiger partial charge < -0.3 is 25.8 Å². The van der Waals surface area contributed by atoms with Crippen LogP contribution in [-0.4, -0.2) is 70.8 Å². The fourth-order valence-electron chi connectivity index (χ4n) is 10.8. The molecule has 8 heteroatoms. The summed E-state index contributed by atoms with van der Waals surface area (Å²) >= 11 is 0.